The van der Waals surface area contributed by atoms with Crippen molar-refractivity contribution in [3.8, 4) is 12.3 Å². The third-order valence-corrected chi connectivity index (χ3v) is 4.09. The second-order valence-corrected chi connectivity index (χ2v) is 5.61. The molecule has 0 amide bonds. The van der Waals surface area contributed by atoms with E-state index in [2.05, 4.69) is 12.8 Å². The maximum absolute atomic E-state index is 6.24. The van der Waals surface area contributed by atoms with E-state index in [0.29, 0.717) is 6.54 Å². The first-order chi connectivity index (χ1) is 9.26. The van der Waals surface area contributed by atoms with Crippen molar-refractivity contribution in [2.75, 3.05) is 5.73 Å². The standard InChI is InChI=1S/C16H25N3/c1-3-8-15-18-14(16(17)19(15)11-4-2)12-13-9-6-5-7-10-13/h2,13H,3,5-12,17H2,1H3. The molecule has 2 rings (SSSR count). The second kappa shape index (κ2) is 6.65. The lowest BCUT2D eigenvalue weighted by Gasteiger charge is -2.20. The Balaban J connectivity index is 2.15. The molecule has 1 fully saturated rings. The number of anilines is 1. The highest BCUT2D eigenvalue weighted by Gasteiger charge is 2.19. The van der Waals surface area contributed by atoms with Crippen LogP contribution in [0.15, 0.2) is 0 Å². The molecular weight excluding hydrogens is 234 g/mol. The molecule has 1 saturated carbocycles. The molecule has 0 spiro atoms. The minimum atomic E-state index is 0.541. The van der Waals surface area contributed by atoms with Crippen LogP contribution in [0, 0.1) is 18.3 Å². The van der Waals surface area contributed by atoms with E-state index in [9.17, 15) is 0 Å². The zero-order valence-corrected chi connectivity index (χ0v) is 12.0. The van der Waals surface area contributed by atoms with E-state index in [1.165, 1.54) is 32.1 Å². The van der Waals surface area contributed by atoms with E-state index in [0.717, 1.165) is 42.5 Å². The normalized spacial score (nSPS) is 16.4. The van der Waals surface area contributed by atoms with E-state index in [-0.39, 0.29) is 0 Å². The summed E-state index contributed by atoms with van der Waals surface area (Å²) in [7, 11) is 0. The Kier molecular flexibility index (Phi) is 4.90. The summed E-state index contributed by atoms with van der Waals surface area (Å²) < 4.78 is 2.02. The lowest BCUT2D eigenvalue weighted by atomic mass is 9.86. The fraction of sp³-hybridized carbons (Fsp3) is 0.688. The monoisotopic (exact) mass is 259 g/mol. The molecule has 1 aliphatic rings. The van der Waals surface area contributed by atoms with Gasteiger partial charge in [0.1, 0.15) is 11.6 Å². The molecule has 0 atom stereocenters. The lowest BCUT2D eigenvalue weighted by Crippen LogP contribution is -2.11. The highest BCUT2D eigenvalue weighted by Crippen LogP contribution is 2.28. The molecule has 1 heterocycles. The Morgan fingerprint density at radius 3 is 2.74 bits per heavy atom. The number of terminal acetylenes is 1. The van der Waals surface area contributed by atoms with E-state index in [1.54, 1.807) is 0 Å². The minimum absolute atomic E-state index is 0.541. The quantitative estimate of drug-likeness (QED) is 0.825. The van der Waals surface area contributed by atoms with Crippen molar-refractivity contribution in [2.45, 2.75) is 64.8 Å². The topological polar surface area (TPSA) is 43.8 Å². The van der Waals surface area contributed by atoms with Crippen LogP contribution in [-0.2, 0) is 19.4 Å². The molecule has 0 saturated heterocycles. The maximum atomic E-state index is 6.24. The van der Waals surface area contributed by atoms with Gasteiger partial charge in [-0.1, -0.05) is 44.9 Å². The number of hydrogen-bond acceptors (Lipinski definition) is 2. The summed E-state index contributed by atoms with van der Waals surface area (Å²) in [6, 6.07) is 0. The van der Waals surface area contributed by atoms with Gasteiger partial charge in [-0.3, -0.25) is 0 Å². The lowest BCUT2D eigenvalue weighted by molar-refractivity contribution is 0.355. The molecule has 0 radical (unpaired) electrons. The molecule has 3 heteroatoms. The average Bonchev–Trinajstić information content (AvgIpc) is 2.70. The van der Waals surface area contributed by atoms with Gasteiger partial charge in [0.05, 0.1) is 12.2 Å². The number of nitrogen functional groups attached to an aromatic ring is 1. The van der Waals surface area contributed by atoms with Crippen LogP contribution in [-0.4, -0.2) is 9.55 Å². The van der Waals surface area contributed by atoms with Gasteiger partial charge in [0.2, 0.25) is 0 Å². The maximum Gasteiger partial charge on any atom is 0.127 e. The summed E-state index contributed by atoms with van der Waals surface area (Å²) in [5.74, 6) is 5.30. The first kappa shape index (κ1) is 14.0. The largest absolute Gasteiger partial charge is 0.384 e. The van der Waals surface area contributed by atoms with Gasteiger partial charge in [0.25, 0.3) is 0 Å². The molecule has 0 aliphatic heterocycles. The first-order valence-corrected chi connectivity index (χ1v) is 7.53. The van der Waals surface area contributed by atoms with Crippen molar-refractivity contribution in [3.63, 3.8) is 0 Å². The molecular formula is C16H25N3. The van der Waals surface area contributed by atoms with Gasteiger partial charge in [-0.15, -0.1) is 6.42 Å². The number of hydrogen-bond donors (Lipinski definition) is 1. The van der Waals surface area contributed by atoms with Crippen LogP contribution in [0.4, 0.5) is 5.82 Å². The summed E-state index contributed by atoms with van der Waals surface area (Å²) >= 11 is 0. The fourth-order valence-corrected chi connectivity index (χ4v) is 3.07. The second-order valence-electron chi connectivity index (χ2n) is 5.61. The van der Waals surface area contributed by atoms with Gasteiger partial charge in [0.15, 0.2) is 0 Å². The number of aryl methyl sites for hydroxylation is 1. The number of nitrogens with two attached hydrogens (primary N) is 1. The molecule has 19 heavy (non-hydrogen) atoms. The first-order valence-electron chi connectivity index (χ1n) is 7.53. The summed E-state index contributed by atoms with van der Waals surface area (Å²) in [5, 5.41) is 0. The molecule has 0 unspecified atom stereocenters. The third kappa shape index (κ3) is 3.32. The van der Waals surface area contributed by atoms with E-state index in [1.807, 2.05) is 4.57 Å². The van der Waals surface area contributed by atoms with Crippen molar-refractivity contribution in [2.24, 2.45) is 5.92 Å². The van der Waals surface area contributed by atoms with Crippen molar-refractivity contribution >= 4 is 5.82 Å². The molecule has 1 aromatic heterocycles. The summed E-state index contributed by atoms with van der Waals surface area (Å²) in [4.78, 5) is 4.75. The number of rotatable bonds is 5. The molecule has 2 N–H and O–H groups in total. The van der Waals surface area contributed by atoms with Gasteiger partial charge >= 0.3 is 0 Å². The van der Waals surface area contributed by atoms with Crippen LogP contribution in [0.3, 0.4) is 0 Å². The van der Waals surface area contributed by atoms with Crippen LogP contribution < -0.4 is 5.73 Å². The van der Waals surface area contributed by atoms with Crippen molar-refractivity contribution < 1.29 is 0 Å². The van der Waals surface area contributed by atoms with Crippen molar-refractivity contribution in [3.05, 3.63) is 11.5 Å². The van der Waals surface area contributed by atoms with Gasteiger partial charge in [-0.2, -0.15) is 0 Å². The SMILES string of the molecule is C#CCn1c(CCC)nc(CC2CCCCC2)c1N. The summed E-state index contributed by atoms with van der Waals surface area (Å²) in [5.41, 5.74) is 7.32. The van der Waals surface area contributed by atoms with Gasteiger partial charge in [-0.05, 0) is 18.8 Å². The molecule has 0 aromatic carbocycles. The highest BCUT2D eigenvalue weighted by molar-refractivity contribution is 5.39. The smallest absolute Gasteiger partial charge is 0.127 e. The predicted octanol–water partition coefficient (Wildman–Crippen LogP) is 3.17. The Labute approximate surface area is 116 Å². The van der Waals surface area contributed by atoms with Crippen LogP contribution in [0.2, 0.25) is 0 Å². The zero-order valence-electron chi connectivity index (χ0n) is 12.0. The third-order valence-electron chi connectivity index (χ3n) is 4.09. The van der Waals surface area contributed by atoms with E-state index in [4.69, 9.17) is 17.1 Å². The van der Waals surface area contributed by atoms with E-state index < -0.39 is 0 Å². The van der Waals surface area contributed by atoms with Crippen LogP contribution >= 0.6 is 0 Å². The Morgan fingerprint density at radius 1 is 1.37 bits per heavy atom. The summed E-state index contributed by atoms with van der Waals surface area (Å²) in [6.07, 6.45) is 15.2. The zero-order chi connectivity index (χ0) is 13.7. The fourth-order valence-electron chi connectivity index (χ4n) is 3.07. The average molecular weight is 259 g/mol. The van der Waals surface area contributed by atoms with Gasteiger partial charge < -0.3 is 10.3 Å². The Bertz CT molecular complexity index is 447. The van der Waals surface area contributed by atoms with Gasteiger partial charge in [-0.25, -0.2) is 4.98 Å². The number of imidazole rings is 1. The summed E-state index contributed by atoms with van der Waals surface area (Å²) in [6.45, 7) is 2.70. The Morgan fingerprint density at radius 2 is 2.11 bits per heavy atom. The van der Waals surface area contributed by atoms with Crippen LogP contribution in [0.25, 0.3) is 0 Å². The molecule has 0 bridgehead atoms. The molecule has 1 aliphatic carbocycles. The number of aromatic nitrogens is 2. The molecule has 1 aromatic rings. The van der Waals surface area contributed by atoms with Crippen LogP contribution in [0.1, 0.15) is 57.0 Å². The number of nitrogens with zero attached hydrogens (tertiary/aromatic N) is 2. The predicted molar refractivity (Wildman–Crippen MR) is 79.7 cm³/mol. The highest BCUT2D eigenvalue weighted by atomic mass is 15.1. The van der Waals surface area contributed by atoms with Crippen molar-refractivity contribution in [1.29, 1.82) is 0 Å². The molecule has 3 nitrogen and oxygen atoms in total. The molecule has 104 valence electrons. The van der Waals surface area contributed by atoms with E-state index >= 15 is 0 Å². The minimum Gasteiger partial charge on any atom is -0.384 e. The van der Waals surface area contributed by atoms with Crippen molar-refractivity contribution in [1.82, 2.24) is 9.55 Å². The van der Waals surface area contributed by atoms with Crippen LogP contribution in [0.5, 0.6) is 0 Å². The Hall–Kier alpha value is -1.43. The van der Waals surface area contributed by atoms with Gasteiger partial charge in [0, 0.05) is 6.42 Å².